The van der Waals surface area contributed by atoms with Crippen LogP contribution in [0.15, 0.2) is 10.6 Å². The summed E-state index contributed by atoms with van der Waals surface area (Å²) in [6, 6.07) is 0. The predicted molar refractivity (Wildman–Crippen MR) is 59.5 cm³/mol. The summed E-state index contributed by atoms with van der Waals surface area (Å²) in [6.45, 7) is 3.24. The van der Waals surface area contributed by atoms with Gasteiger partial charge < -0.3 is 9.47 Å². The lowest BCUT2D eigenvalue weighted by Crippen LogP contribution is -2.28. The van der Waals surface area contributed by atoms with Crippen molar-refractivity contribution in [2.75, 3.05) is 13.2 Å². The lowest BCUT2D eigenvalue weighted by Gasteiger charge is -2.13. The number of hydrogen-bond donors (Lipinski definition) is 0. The molecule has 0 aromatic carbocycles. The Morgan fingerprint density at radius 1 is 1.12 bits per heavy atom. The average molecular weight is 315 g/mol. The summed E-state index contributed by atoms with van der Waals surface area (Å²) in [5.74, 6) is -3.11. The number of halogens is 3. The van der Waals surface area contributed by atoms with E-state index in [1.54, 1.807) is 13.8 Å². The first-order chi connectivity index (χ1) is 7.93. The van der Waals surface area contributed by atoms with E-state index in [9.17, 15) is 18.4 Å². The fourth-order valence-corrected chi connectivity index (χ4v) is 1.33. The summed E-state index contributed by atoms with van der Waals surface area (Å²) >= 11 is 2.60. The molecule has 0 rings (SSSR count). The van der Waals surface area contributed by atoms with Crippen LogP contribution >= 0.6 is 15.9 Å². The predicted octanol–water partition coefficient (Wildman–Crippen LogP) is 2.62. The Bertz CT molecular complexity index is 295. The van der Waals surface area contributed by atoms with Crippen LogP contribution in [0.25, 0.3) is 0 Å². The molecule has 4 nitrogen and oxygen atoms in total. The van der Waals surface area contributed by atoms with Crippen LogP contribution in [-0.4, -0.2) is 25.2 Å². The van der Waals surface area contributed by atoms with Crippen LogP contribution in [0, 0.1) is 5.92 Å². The molecule has 0 spiro atoms. The highest BCUT2D eigenvalue weighted by molar-refractivity contribution is 9.11. The number of ether oxygens (including phenoxy) is 2. The zero-order valence-corrected chi connectivity index (χ0v) is 11.1. The van der Waals surface area contributed by atoms with Gasteiger partial charge in [-0.3, -0.25) is 9.59 Å². The largest absolute Gasteiger partial charge is 0.465 e. The molecule has 0 aliphatic heterocycles. The van der Waals surface area contributed by atoms with Crippen molar-refractivity contribution in [3.63, 3.8) is 0 Å². The lowest BCUT2D eigenvalue weighted by atomic mass is 10.1. The van der Waals surface area contributed by atoms with E-state index < -0.39 is 34.8 Å². The molecular weight excluding hydrogens is 302 g/mol. The van der Waals surface area contributed by atoms with Gasteiger partial charge in [-0.05, 0) is 29.8 Å². The van der Waals surface area contributed by atoms with Gasteiger partial charge in [-0.1, -0.05) is 0 Å². The molecule has 0 radical (unpaired) electrons. The second-order valence-corrected chi connectivity index (χ2v) is 3.88. The molecular formula is C10H13BrF2O4. The highest BCUT2D eigenvalue weighted by Crippen LogP contribution is 2.24. The fourth-order valence-electron chi connectivity index (χ4n) is 1.00. The van der Waals surface area contributed by atoms with Gasteiger partial charge in [-0.2, -0.15) is 8.78 Å². The Balaban J connectivity index is 4.79. The highest BCUT2D eigenvalue weighted by atomic mass is 79.9. The molecule has 0 saturated heterocycles. The van der Waals surface area contributed by atoms with Gasteiger partial charge in [0.2, 0.25) is 0 Å². The molecule has 17 heavy (non-hydrogen) atoms. The van der Waals surface area contributed by atoms with Crippen molar-refractivity contribution in [3.05, 3.63) is 10.6 Å². The molecule has 0 unspecified atom stereocenters. The topological polar surface area (TPSA) is 52.6 Å². The maximum absolute atomic E-state index is 12.2. The maximum Gasteiger partial charge on any atom is 0.320 e. The molecule has 0 heterocycles. The van der Waals surface area contributed by atoms with E-state index in [-0.39, 0.29) is 13.2 Å². The van der Waals surface area contributed by atoms with Gasteiger partial charge in [0.1, 0.15) is 0 Å². The zero-order chi connectivity index (χ0) is 13.4. The van der Waals surface area contributed by atoms with Crippen molar-refractivity contribution >= 4 is 27.9 Å². The molecule has 0 aromatic heterocycles. The van der Waals surface area contributed by atoms with E-state index >= 15 is 0 Å². The van der Waals surface area contributed by atoms with E-state index in [2.05, 4.69) is 25.4 Å². The van der Waals surface area contributed by atoms with Crippen molar-refractivity contribution in [1.29, 1.82) is 0 Å². The Labute approximate surface area is 106 Å². The van der Waals surface area contributed by atoms with Gasteiger partial charge in [-0.15, -0.1) is 0 Å². The molecule has 0 N–H and O–H groups in total. The number of carbonyl (C=O) groups excluding carboxylic acids is 2. The third kappa shape index (κ3) is 5.76. The average Bonchev–Trinajstić information content (AvgIpc) is 2.25. The van der Waals surface area contributed by atoms with Crippen LogP contribution in [0.5, 0.6) is 0 Å². The van der Waals surface area contributed by atoms with Crippen molar-refractivity contribution < 1.29 is 27.8 Å². The summed E-state index contributed by atoms with van der Waals surface area (Å²) in [7, 11) is 0. The second-order valence-electron chi connectivity index (χ2n) is 2.93. The Kier molecular flexibility index (Phi) is 7.69. The summed E-state index contributed by atoms with van der Waals surface area (Å²) in [4.78, 5) is 22.8. The van der Waals surface area contributed by atoms with E-state index in [0.29, 0.717) is 0 Å². The first kappa shape index (κ1) is 16.0. The third-order valence-corrected chi connectivity index (χ3v) is 2.35. The zero-order valence-electron chi connectivity index (χ0n) is 9.47. The number of allylic oxidation sites excluding steroid dienone is 1. The van der Waals surface area contributed by atoms with Gasteiger partial charge >= 0.3 is 11.9 Å². The van der Waals surface area contributed by atoms with Crippen LogP contribution in [0.2, 0.25) is 0 Å². The normalized spacial score (nSPS) is 10.0. The van der Waals surface area contributed by atoms with Crippen LogP contribution in [0.4, 0.5) is 8.78 Å². The van der Waals surface area contributed by atoms with Gasteiger partial charge in [0.15, 0.2) is 5.92 Å². The summed E-state index contributed by atoms with van der Waals surface area (Å²) in [5.41, 5.74) is 0. The quantitative estimate of drug-likeness (QED) is 0.558. The minimum absolute atomic E-state index is 0.0637. The van der Waals surface area contributed by atoms with Crippen LogP contribution in [-0.2, 0) is 19.1 Å². The van der Waals surface area contributed by atoms with Gasteiger partial charge in [-0.25, -0.2) is 0 Å². The Morgan fingerprint density at radius 2 is 1.53 bits per heavy atom. The maximum atomic E-state index is 12.2. The standard InChI is InChI=1S/C10H13BrF2O4/c1-3-16-9(14)6(10(15)17-4-2)5-7(11)8(12)13/h6H,3-5H2,1-2H3. The van der Waals surface area contributed by atoms with Crippen LogP contribution in [0.3, 0.4) is 0 Å². The smallest absolute Gasteiger partial charge is 0.320 e. The van der Waals surface area contributed by atoms with Gasteiger partial charge in [0.25, 0.3) is 6.08 Å². The third-order valence-electron chi connectivity index (χ3n) is 1.73. The molecule has 0 aliphatic carbocycles. The van der Waals surface area contributed by atoms with Crippen molar-refractivity contribution in [2.24, 2.45) is 5.92 Å². The number of esters is 2. The summed E-state index contributed by atoms with van der Waals surface area (Å²) < 4.78 is 33.2. The van der Waals surface area contributed by atoms with E-state index in [0.717, 1.165) is 0 Å². The SMILES string of the molecule is CCOC(=O)C(CC(Br)=C(F)F)C(=O)OCC. The summed E-state index contributed by atoms with van der Waals surface area (Å²) in [6.07, 6.45) is -2.46. The van der Waals surface area contributed by atoms with E-state index in [1.165, 1.54) is 0 Å². The molecule has 0 aromatic rings. The number of rotatable bonds is 6. The van der Waals surface area contributed by atoms with Crippen molar-refractivity contribution in [2.45, 2.75) is 20.3 Å². The summed E-state index contributed by atoms with van der Waals surface area (Å²) in [5, 5.41) is 0. The highest BCUT2D eigenvalue weighted by Gasteiger charge is 2.31. The van der Waals surface area contributed by atoms with Crippen molar-refractivity contribution in [1.82, 2.24) is 0 Å². The second kappa shape index (κ2) is 8.16. The molecule has 0 bridgehead atoms. The fraction of sp³-hybridized carbons (Fsp3) is 0.600. The molecule has 0 aliphatic rings. The van der Waals surface area contributed by atoms with Crippen molar-refractivity contribution in [3.8, 4) is 0 Å². The van der Waals surface area contributed by atoms with E-state index in [4.69, 9.17) is 0 Å². The molecule has 7 heteroatoms. The first-order valence-corrected chi connectivity index (χ1v) is 5.76. The number of carbonyl (C=O) groups is 2. The van der Waals surface area contributed by atoms with Gasteiger partial charge in [0.05, 0.1) is 17.7 Å². The number of hydrogen-bond acceptors (Lipinski definition) is 4. The molecule has 98 valence electrons. The molecule has 0 amide bonds. The molecule has 0 fully saturated rings. The minimum Gasteiger partial charge on any atom is -0.465 e. The Morgan fingerprint density at radius 3 is 1.82 bits per heavy atom. The minimum atomic E-state index is -1.98. The Hall–Kier alpha value is -0.980. The lowest BCUT2D eigenvalue weighted by molar-refractivity contribution is -0.161. The molecule has 0 saturated carbocycles. The van der Waals surface area contributed by atoms with Crippen LogP contribution < -0.4 is 0 Å². The van der Waals surface area contributed by atoms with E-state index in [1.807, 2.05) is 0 Å². The van der Waals surface area contributed by atoms with Gasteiger partial charge in [0, 0.05) is 6.42 Å². The van der Waals surface area contributed by atoms with Crippen LogP contribution in [0.1, 0.15) is 20.3 Å². The monoisotopic (exact) mass is 314 g/mol. The molecule has 0 atom stereocenters. The first-order valence-electron chi connectivity index (χ1n) is 4.96.